The van der Waals surface area contributed by atoms with E-state index in [-0.39, 0.29) is 6.42 Å². The molecular formula is C11H11FN2O4S. The second kappa shape index (κ2) is 5.77. The minimum atomic E-state index is -4.19. The number of benzene rings is 1. The standard InChI is InChI=1S/C11H11FN2O4S/c1-3-4-8(2)13-19(17,18)11-7-9(14(15)16)5-6-10(11)12/h1,5-8,13H,4H2,2H3. The summed E-state index contributed by atoms with van der Waals surface area (Å²) in [4.78, 5) is 8.98. The van der Waals surface area contributed by atoms with E-state index in [2.05, 4.69) is 10.6 Å². The summed E-state index contributed by atoms with van der Waals surface area (Å²) in [6.07, 6.45) is 5.15. The number of non-ortho nitro benzene ring substituents is 1. The number of nitro groups is 1. The largest absolute Gasteiger partial charge is 0.270 e. The van der Waals surface area contributed by atoms with Gasteiger partial charge in [-0.15, -0.1) is 12.3 Å². The molecule has 0 saturated carbocycles. The van der Waals surface area contributed by atoms with Crippen LogP contribution < -0.4 is 4.72 Å². The maximum Gasteiger partial charge on any atom is 0.270 e. The molecule has 0 spiro atoms. The van der Waals surface area contributed by atoms with Crippen LogP contribution in [-0.2, 0) is 10.0 Å². The lowest BCUT2D eigenvalue weighted by atomic mass is 10.3. The zero-order valence-corrected chi connectivity index (χ0v) is 10.8. The van der Waals surface area contributed by atoms with Gasteiger partial charge in [-0.1, -0.05) is 0 Å². The molecule has 1 rings (SSSR count). The van der Waals surface area contributed by atoms with E-state index in [4.69, 9.17) is 6.42 Å². The second-order valence-corrected chi connectivity index (χ2v) is 5.48. The van der Waals surface area contributed by atoms with Gasteiger partial charge >= 0.3 is 0 Å². The van der Waals surface area contributed by atoms with Crippen LogP contribution in [0.2, 0.25) is 0 Å². The number of hydrogen-bond acceptors (Lipinski definition) is 4. The number of nitrogens with zero attached hydrogens (tertiary/aromatic N) is 1. The number of hydrogen-bond donors (Lipinski definition) is 1. The van der Waals surface area contributed by atoms with E-state index in [1.807, 2.05) is 0 Å². The highest BCUT2D eigenvalue weighted by Gasteiger charge is 2.23. The Hall–Kier alpha value is -1.98. The number of nitro benzene ring substituents is 1. The topological polar surface area (TPSA) is 89.3 Å². The van der Waals surface area contributed by atoms with Crippen LogP contribution in [0.1, 0.15) is 13.3 Å². The van der Waals surface area contributed by atoms with Crippen LogP contribution in [0.5, 0.6) is 0 Å². The Balaban J connectivity index is 3.18. The maximum absolute atomic E-state index is 13.5. The van der Waals surface area contributed by atoms with Crippen molar-refractivity contribution in [1.82, 2.24) is 4.72 Å². The van der Waals surface area contributed by atoms with Crippen LogP contribution in [0.3, 0.4) is 0 Å². The number of terminal acetylenes is 1. The summed E-state index contributed by atoms with van der Waals surface area (Å²) >= 11 is 0. The van der Waals surface area contributed by atoms with Crippen LogP contribution in [-0.4, -0.2) is 19.4 Å². The third kappa shape index (κ3) is 3.74. The van der Waals surface area contributed by atoms with Gasteiger partial charge in [0.15, 0.2) is 0 Å². The minimum absolute atomic E-state index is 0.121. The van der Waals surface area contributed by atoms with Gasteiger partial charge in [0.25, 0.3) is 5.69 Å². The molecule has 0 amide bonds. The second-order valence-electron chi connectivity index (χ2n) is 3.80. The molecule has 1 N–H and O–H groups in total. The Bertz CT molecular complexity index is 637. The monoisotopic (exact) mass is 286 g/mol. The molecule has 0 aliphatic rings. The van der Waals surface area contributed by atoms with Crippen molar-refractivity contribution in [2.24, 2.45) is 0 Å². The van der Waals surface area contributed by atoms with Gasteiger partial charge < -0.3 is 0 Å². The predicted octanol–water partition coefficient (Wildman–Crippen LogP) is 1.42. The van der Waals surface area contributed by atoms with Gasteiger partial charge in [-0.2, -0.15) is 0 Å². The normalized spacial score (nSPS) is 12.7. The van der Waals surface area contributed by atoms with E-state index < -0.39 is 37.4 Å². The third-order valence-electron chi connectivity index (χ3n) is 2.20. The number of halogens is 1. The molecule has 0 saturated heterocycles. The molecule has 0 fully saturated rings. The van der Waals surface area contributed by atoms with Crippen molar-refractivity contribution in [3.63, 3.8) is 0 Å². The Morgan fingerprint density at radius 3 is 2.74 bits per heavy atom. The smallest absolute Gasteiger partial charge is 0.258 e. The minimum Gasteiger partial charge on any atom is -0.258 e. The van der Waals surface area contributed by atoms with E-state index in [1.165, 1.54) is 6.92 Å². The molecule has 0 heterocycles. The zero-order valence-electron chi connectivity index (χ0n) is 9.96. The molecule has 1 unspecified atom stereocenters. The van der Waals surface area contributed by atoms with Gasteiger partial charge in [-0.3, -0.25) is 10.1 Å². The maximum atomic E-state index is 13.5. The van der Waals surface area contributed by atoms with E-state index in [0.29, 0.717) is 6.07 Å². The highest BCUT2D eigenvalue weighted by atomic mass is 32.2. The predicted molar refractivity (Wildman–Crippen MR) is 66.3 cm³/mol. The van der Waals surface area contributed by atoms with Crippen molar-refractivity contribution in [2.45, 2.75) is 24.3 Å². The molecule has 1 atom stereocenters. The summed E-state index contributed by atoms with van der Waals surface area (Å²) < 4.78 is 39.4. The Labute approximate surface area is 109 Å². The fourth-order valence-electron chi connectivity index (χ4n) is 1.36. The molecular weight excluding hydrogens is 275 g/mol. The van der Waals surface area contributed by atoms with E-state index in [9.17, 15) is 22.9 Å². The van der Waals surface area contributed by atoms with E-state index in [0.717, 1.165) is 12.1 Å². The summed E-state index contributed by atoms with van der Waals surface area (Å²) in [5.74, 6) is 1.19. The van der Waals surface area contributed by atoms with Crippen molar-refractivity contribution in [3.05, 3.63) is 34.1 Å². The Kier molecular flexibility index (Phi) is 4.58. The summed E-state index contributed by atoms with van der Waals surface area (Å²) in [6.45, 7) is 1.51. The van der Waals surface area contributed by atoms with Gasteiger partial charge in [-0.05, 0) is 13.0 Å². The molecule has 19 heavy (non-hydrogen) atoms. The summed E-state index contributed by atoms with van der Waals surface area (Å²) in [5.41, 5.74) is -0.508. The first-order valence-electron chi connectivity index (χ1n) is 5.17. The van der Waals surface area contributed by atoms with Crippen molar-refractivity contribution in [1.29, 1.82) is 0 Å². The lowest BCUT2D eigenvalue weighted by molar-refractivity contribution is -0.385. The summed E-state index contributed by atoms with van der Waals surface area (Å²) in [5, 5.41) is 10.6. The molecule has 1 aromatic rings. The van der Waals surface area contributed by atoms with Crippen molar-refractivity contribution < 1.29 is 17.7 Å². The van der Waals surface area contributed by atoms with Crippen molar-refractivity contribution in [3.8, 4) is 12.3 Å². The SMILES string of the molecule is C#CCC(C)NS(=O)(=O)c1cc([N+](=O)[O-])ccc1F. The molecule has 1 aromatic carbocycles. The molecule has 6 nitrogen and oxygen atoms in total. The first kappa shape index (κ1) is 15.1. The Morgan fingerprint density at radius 1 is 1.58 bits per heavy atom. The number of rotatable bonds is 5. The molecule has 0 aromatic heterocycles. The van der Waals surface area contributed by atoms with Crippen LogP contribution in [0.25, 0.3) is 0 Å². The average molecular weight is 286 g/mol. The van der Waals surface area contributed by atoms with Crippen molar-refractivity contribution in [2.75, 3.05) is 0 Å². The van der Waals surface area contributed by atoms with Gasteiger partial charge in [0.05, 0.1) is 4.92 Å². The average Bonchev–Trinajstić information content (AvgIpc) is 2.28. The molecule has 0 aliphatic heterocycles. The van der Waals surface area contributed by atoms with Gasteiger partial charge in [0.2, 0.25) is 10.0 Å². The molecule has 8 heteroatoms. The van der Waals surface area contributed by atoms with Crippen LogP contribution in [0.4, 0.5) is 10.1 Å². The Morgan fingerprint density at radius 2 is 2.21 bits per heavy atom. The van der Waals surface area contributed by atoms with Crippen LogP contribution >= 0.6 is 0 Å². The summed E-state index contributed by atoms with van der Waals surface area (Å²) in [6, 6.07) is 1.69. The first-order valence-corrected chi connectivity index (χ1v) is 6.66. The fourth-order valence-corrected chi connectivity index (χ4v) is 2.70. The van der Waals surface area contributed by atoms with E-state index in [1.54, 1.807) is 0 Å². The van der Waals surface area contributed by atoms with Gasteiger partial charge in [-0.25, -0.2) is 17.5 Å². The summed E-state index contributed by atoms with van der Waals surface area (Å²) in [7, 11) is -4.19. The first-order chi connectivity index (χ1) is 8.77. The van der Waals surface area contributed by atoms with Crippen LogP contribution in [0.15, 0.2) is 23.1 Å². The third-order valence-corrected chi connectivity index (χ3v) is 3.80. The molecule has 0 bridgehead atoms. The number of sulfonamides is 1. The lowest BCUT2D eigenvalue weighted by Crippen LogP contribution is -2.32. The lowest BCUT2D eigenvalue weighted by Gasteiger charge is -2.12. The highest BCUT2D eigenvalue weighted by Crippen LogP contribution is 2.21. The molecule has 102 valence electrons. The fraction of sp³-hybridized carbons (Fsp3) is 0.273. The van der Waals surface area contributed by atoms with Crippen molar-refractivity contribution >= 4 is 15.7 Å². The number of nitrogens with one attached hydrogen (secondary N) is 1. The highest BCUT2D eigenvalue weighted by molar-refractivity contribution is 7.89. The van der Waals surface area contributed by atoms with Crippen LogP contribution in [0, 0.1) is 28.3 Å². The zero-order chi connectivity index (χ0) is 14.6. The quantitative estimate of drug-likeness (QED) is 0.503. The molecule has 0 radical (unpaired) electrons. The molecule has 0 aliphatic carbocycles. The van der Waals surface area contributed by atoms with Gasteiger partial charge in [0, 0.05) is 24.6 Å². The van der Waals surface area contributed by atoms with E-state index >= 15 is 0 Å². The van der Waals surface area contributed by atoms with Gasteiger partial charge in [0.1, 0.15) is 10.7 Å².